The Morgan fingerprint density at radius 3 is 2.50 bits per heavy atom. The van der Waals surface area contributed by atoms with Crippen molar-refractivity contribution in [2.24, 2.45) is 0 Å². The molecular weight excluding hydrogens is 202 g/mol. The zero-order chi connectivity index (χ0) is 12.0. The average molecular weight is 223 g/mol. The van der Waals surface area contributed by atoms with E-state index < -0.39 is 5.60 Å². The summed E-state index contributed by atoms with van der Waals surface area (Å²) in [5.41, 5.74) is -0.665. The Bertz CT molecular complexity index is 293. The fourth-order valence-electron chi connectivity index (χ4n) is 1.87. The molecule has 1 rings (SSSR count). The van der Waals surface area contributed by atoms with Crippen molar-refractivity contribution in [3.8, 4) is 11.8 Å². The molecule has 0 saturated carbocycles. The van der Waals surface area contributed by atoms with Crippen molar-refractivity contribution in [3.63, 3.8) is 0 Å². The van der Waals surface area contributed by atoms with Gasteiger partial charge in [-0.1, -0.05) is 18.3 Å². The molecule has 90 valence electrons. The lowest BCUT2D eigenvalue weighted by Crippen LogP contribution is -2.30. The average Bonchev–Trinajstić information content (AvgIpc) is 2.16. The van der Waals surface area contributed by atoms with Crippen molar-refractivity contribution in [2.45, 2.75) is 45.6 Å². The van der Waals surface area contributed by atoms with Crippen LogP contribution in [0.25, 0.3) is 0 Å². The first kappa shape index (κ1) is 13.1. The van der Waals surface area contributed by atoms with Gasteiger partial charge < -0.3 is 4.74 Å². The molecule has 0 atom stereocenters. The number of esters is 1. The van der Waals surface area contributed by atoms with E-state index in [1.54, 1.807) is 0 Å². The minimum Gasteiger partial charge on any atom is -0.447 e. The van der Waals surface area contributed by atoms with E-state index in [4.69, 9.17) is 4.74 Å². The lowest BCUT2D eigenvalue weighted by Gasteiger charge is -2.24. The lowest BCUT2D eigenvalue weighted by atomic mass is 10.1. The summed E-state index contributed by atoms with van der Waals surface area (Å²) in [7, 11) is 0. The van der Waals surface area contributed by atoms with Crippen molar-refractivity contribution in [1.29, 1.82) is 0 Å². The SMILES string of the molecule is CC(=O)OC(C)(C)C#CCN1CCCCC1. The molecule has 0 unspecified atom stereocenters. The molecule has 3 heteroatoms. The molecule has 0 N–H and O–H groups in total. The Hall–Kier alpha value is -1.01. The van der Waals surface area contributed by atoms with E-state index in [0.29, 0.717) is 0 Å². The monoisotopic (exact) mass is 223 g/mol. The Labute approximate surface area is 98.1 Å². The number of ether oxygens (including phenoxy) is 1. The first-order chi connectivity index (χ1) is 7.49. The third-order valence-corrected chi connectivity index (χ3v) is 2.54. The highest BCUT2D eigenvalue weighted by molar-refractivity contribution is 5.66. The van der Waals surface area contributed by atoms with Crippen LogP contribution in [0.1, 0.15) is 40.0 Å². The topological polar surface area (TPSA) is 29.5 Å². The number of rotatable bonds is 2. The Kier molecular flexibility index (Phi) is 4.82. The van der Waals surface area contributed by atoms with Gasteiger partial charge in [0.1, 0.15) is 0 Å². The van der Waals surface area contributed by atoms with Gasteiger partial charge in [0.25, 0.3) is 0 Å². The third-order valence-electron chi connectivity index (χ3n) is 2.54. The van der Waals surface area contributed by atoms with Crippen LogP contribution in [0.2, 0.25) is 0 Å². The summed E-state index contributed by atoms with van der Waals surface area (Å²) < 4.78 is 5.10. The normalized spacial score (nSPS) is 17.4. The van der Waals surface area contributed by atoms with Crippen LogP contribution in [0.4, 0.5) is 0 Å². The molecule has 1 aliphatic rings. The van der Waals surface area contributed by atoms with Gasteiger partial charge in [-0.05, 0) is 39.8 Å². The molecule has 0 aromatic rings. The van der Waals surface area contributed by atoms with Gasteiger partial charge in [-0.15, -0.1) is 0 Å². The van der Waals surface area contributed by atoms with E-state index in [2.05, 4.69) is 16.7 Å². The first-order valence-electron chi connectivity index (χ1n) is 5.91. The summed E-state index contributed by atoms with van der Waals surface area (Å²) in [6.45, 7) is 8.11. The highest BCUT2D eigenvalue weighted by Gasteiger charge is 2.17. The fraction of sp³-hybridized carbons (Fsp3) is 0.769. The van der Waals surface area contributed by atoms with E-state index in [1.807, 2.05) is 13.8 Å². The van der Waals surface area contributed by atoms with Gasteiger partial charge in [0.2, 0.25) is 0 Å². The molecule has 1 aliphatic heterocycles. The van der Waals surface area contributed by atoms with Crippen LogP contribution in [-0.2, 0) is 9.53 Å². The van der Waals surface area contributed by atoms with E-state index in [9.17, 15) is 4.79 Å². The van der Waals surface area contributed by atoms with Gasteiger partial charge in [0, 0.05) is 6.92 Å². The van der Waals surface area contributed by atoms with Crippen LogP contribution in [0.3, 0.4) is 0 Å². The molecule has 0 aromatic carbocycles. The van der Waals surface area contributed by atoms with Gasteiger partial charge in [0.05, 0.1) is 6.54 Å². The molecule has 0 amide bonds. The standard InChI is InChI=1S/C13H21NO2/c1-12(15)16-13(2,3)8-7-11-14-9-5-4-6-10-14/h4-6,9-11H2,1-3H3. The predicted octanol–water partition coefficient (Wildman–Crippen LogP) is 1.82. The molecule has 1 heterocycles. The summed E-state index contributed by atoms with van der Waals surface area (Å²) >= 11 is 0. The van der Waals surface area contributed by atoms with E-state index in [-0.39, 0.29) is 5.97 Å². The fourth-order valence-corrected chi connectivity index (χ4v) is 1.87. The van der Waals surface area contributed by atoms with Crippen LogP contribution in [-0.4, -0.2) is 36.1 Å². The Morgan fingerprint density at radius 2 is 1.94 bits per heavy atom. The highest BCUT2D eigenvalue weighted by atomic mass is 16.6. The number of hydrogen-bond acceptors (Lipinski definition) is 3. The second-order valence-electron chi connectivity index (χ2n) is 4.74. The molecule has 3 nitrogen and oxygen atoms in total. The van der Waals surface area contributed by atoms with Gasteiger partial charge >= 0.3 is 5.97 Å². The van der Waals surface area contributed by atoms with Crippen molar-refractivity contribution in [2.75, 3.05) is 19.6 Å². The van der Waals surface area contributed by atoms with Crippen LogP contribution < -0.4 is 0 Å². The van der Waals surface area contributed by atoms with Crippen LogP contribution in [0.5, 0.6) is 0 Å². The zero-order valence-electron chi connectivity index (χ0n) is 10.5. The summed E-state index contributed by atoms with van der Waals surface area (Å²) in [6, 6.07) is 0. The molecule has 0 aliphatic carbocycles. The smallest absolute Gasteiger partial charge is 0.304 e. The maximum Gasteiger partial charge on any atom is 0.304 e. The number of piperidine rings is 1. The maximum atomic E-state index is 10.8. The van der Waals surface area contributed by atoms with Crippen molar-refractivity contribution in [1.82, 2.24) is 4.90 Å². The molecule has 0 radical (unpaired) electrons. The minimum absolute atomic E-state index is 0.280. The summed E-state index contributed by atoms with van der Waals surface area (Å²) in [4.78, 5) is 13.2. The second-order valence-corrected chi connectivity index (χ2v) is 4.74. The number of carbonyl (C=O) groups excluding carboxylic acids is 1. The predicted molar refractivity (Wildman–Crippen MR) is 63.9 cm³/mol. The third kappa shape index (κ3) is 5.18. The minimum atomic E-state index is -0.665. The van der Waals surface area contributed by atoms with Gasteiger partial charge in [-0.2, -0.15) is 0 Å². The highest BCUT2D eigenvalue weighted by Crippen LogP contribution is 2.09. The number of likely N-dealkylation sites (tertiary alicyclic amines) is 1. The van der Waals surface area contributed by atoms with Gasteiger partial charge in [-0.3, -0.25) is 9.69 Å². The quantitative estimate of drug-likeness (QED) is 0.528. The van der Waals surface area contributed by atoms with Crippen LogP contribution in [0.15, 0.2) is 0 Å². The molecular formula is C13H21NO2. The number of carbonyl (C=O) groups is 1. The number of nitrogens with zero attached hydrogens (tertiary/aromatic N) is 1. The molecule has 1 fully saturated rings. The molecule has 0 spiro atoms. The van der Waals surface area contributed by atoms with E-state index in [0.717, 1.165) is 19.6 Å². The summed E-state index contributed by atoms with van der Waals surface area (Å²) in [5.74, 6) is 5.82. The van der Waals surface area contributed by atoms with E-state index in [1.165, 1.54) is 26.2 Å². The van der Waals surface area contributed by atoms with Crippen LogP contribution in [0, 0.1) is 11.8 Å². The molecule has 0 bridgehead atoms. The zero-order valence-corrected chi connectivity index (χ0v) is 10.5. The lowest BCUT2D eigenvalue weighted by molar-refractivity contribution is -0.148. The van der Waals surface area contributed by atoms with Crippen molar-refractivity contribution >= 4 is 5.97 Å². The molecule has 1 saturated heterocycles. The van der Waals surface area contributed by atoms with Crippen molar-refractivity contribution < 1.29 is 9.53 Å². The van der Waals surface area contributed by atoms with Gasteiger partial charge in [-0.25, -0.2) is 0 Å². The largest absolute Gasteiger partial charge is 0.447 e. The second kappa shape index (κ2) is 5.91. The van der Waals surface area contributed by atoms with Gasteiger partial charge in [0.15, 0.2) is 5.60 Å². The summed E-state index contributed by atoms with van der Waals surface area (Å²) in [5, 5.41) is 0. The molecule has 16 heavy (non-hydrogen) atoms. The van der Waals surface area contributed by atoms with E-state index >= 15 is 0 Å². The maximum absolute atomic E-state index is 10.8. The van der Waals surface area contributed by atoms with Crippen LogP contribution >= 0.6 is 0 Å². The number of hydrogen-bond donors (Lipinski definition) is 0. The molecule has 0 aromatic heterocycles. The summed E-state index contributed by atoms with van der Waals surface area (Å²) in [6.07, 6.45) is 3.88. The Morgan fingerprint density at radius 1 is 1.31 bits per heavy atom. The van der Waals surface area contributed by atoms with Crippen molar-refractivity contribution in [3.05, 3.63) is 0 Å². The Balaban J connectivity index is 2.37. The first-order valence-corrected chi connectivity index (χ1v) is 5.91.